The van der Waals surface area contributed by atoms with E-state index in [-0.39, 0.29) is 18.5 Å². The Morgan fingerprint density at radius 2 is 1.89 bits per heavy atom. The van der Waals surface area contributed by atoms with Crippen molar-refractivity contribution in [3.8, 4) is 0 Å². The third kappa shape index (κ3) is 5.18. The van der Waals surface area contributed by atoms with Crippen molar-refractivity contribution in [2.45, 2.75) is 19.0 Å². The van der Waals surface area contributed by atoms with E-state index < -0.39 is 11.6 Å². The summed E-state index contributed by atoms with van der Waals surface area (Å²) < 4.78 is 32.9. The van der Waals surface area contributed by atoms with Gasteiger partial charge >= 0.3 is 0 Å². The number of hydrogen-bond donors (Lipinski definition) is 2. The molecule has 0 saturated carbocycles. The fourth-order valence-electron chi connectivity index (χ4n) is 4.58. The number of aromatic nitrogens is 2. The van der Waals surface area contributed by atoms with Gasteiger partial charge in [0.1, 0.15) is 23.0 Å². The zero-order valence-corrected chi connectivity index (χ0v) is 19.6. The molecule has 184 valence electrons. The predicted molar refractivity (Wildman–Crippen MR) is 130 cm³/mol. The van der Waals surface area contributed by atoms with E-state index in [1.54, 1.807) is 18.3 Å². The molecule has 5 rings (SSSR count). The third-order valence-corrected chi connectivity index (χ3v) is 6.51. The van der Waals surface area contributed by atoms with E-state index in [2.05, 4.69) is 20.5 Å². The van der Waals surface area contributed by atoms with Gasteiger partial charge in [0.25, 0.3) is 5.91 Å². The van der Waals surface area contributed by atoms with Gasteiger partial charge in [-0.05, 0) is 43.3 Å². The van der Waals surface area contributed by atoms with Gasteiger partial charge in [-0.2, -0.15) is 0 Å². The van der Waals surface area contributed by atoms with Gasteiger partial charge in [-0.15, -0.1) is 0 Å². The van der Waals surface area contributed by atoms with Crippen LogP contribution in [0.25, 0.3) is 11.0 Å². The van der Waals surface area contributed by atoms with E-state index in [4.69, 9.17) is 9.72 Å². The Balaban J connectivity index is 1.49. The van der Waals surface area contributed by atoms with Crippen molar-refractivity contribution in [2.24, 2.45) is 0 Å². The largest absolute Gasteiger partial charge is 0.379 e. The molecular formula is C25H28F2N6O2. The summed E-state index contributed by atoms with van der Waals surface area (Å²) in [6, 6.07) is 7.18. The van der Waals surface area contributed by atoms with Crippen LogP contribution in [0.15, 0.2) is 36.5 Å². The Labute approximate surface area is 202 Å². The van der Waals surface area contributed by atoms with Gasteiger partial charge in [0.15, 0.2) is 0 Å². The molecule has 3 heterocycles. The quantitative estimate of drug-likeness (QED) is 0.559. The lowest BCUT2D eigenvalue weighted by atomic mass is 10.1. The molecule has 1 amide bonds. The molecule has 2 aliphatic rings. The molecule has 10 heteroatoms. The smallest absolute Gasteiger partial charge is 0.254 e. The van der Waals surface area contributed by atoms with E-state index in [1.165, 1.54) is 12.1 Å². The number of nitrogens with zero attached hydrogens (tertiary/aromatic N) is 4. The normalized spacial score (nSPS) is 18.3. The Kier molecular flexibility index (Phi) is 6.74. The van der Waals surface area contributed by atoms with Gasteiger partial charge in [-0.1, -0.05) is 0 Å². The average Bonchev–Trinajstić information content (AvgIpc) is 3.36. The Hall–Kier alpha value is -3.37. The van der Waals surface area contributed by atoms with E-state index in [0.29, 0.717) is 67.2 Å². The van der Waals surface area contributed by atoms with Crippen molar-refractivity contribution in [1.29, 1.82) is 0 Å². The summed E-state index contributed by atoms with van der Waals surface area (Å²) in [5.41, 5.74) is 2.70. The average molecular weight is 483 g/mol. The number of likely N-dealkylation sites (tertiary alicyclic amines) is 1. The number of morpholine rings is 1. The zero-order valence-electron chi connectivity index (χ0n) is 19.6. The van der Waals surface area contributed by atoms with Crippen molar-refractivity contribution in [2.75, 3.05) is 56.7 Å². The van der Waals surface area contributed by atoms with Crippen LogP contribution in [0, 0.1) is 11.6 Å². The molecule has 2 saturated heterocycles. The number of carbonyl (C=O) groups is 1. The van der Waals surface area contributed by atoms with Gasteiger partial charge in [0.05, 0.1) is 30.6 Å². The highest BCUT2D eigenvalue weighted by Gasteiger charge is 2.27. The number of nitrogens with one attached hydrogen (secondary N) is 2. The van der Waals surface area contributed by atoms with Crippen LogP contribution in [0.1, 0.15) is 22.3 Å². The maximum absolute atomic E-state index is 13.7. The highest BCUT2D eigenvalue weighted by molar-refractivity contribution is 6.01. The van der Waals surface area contributed by atoms with Gasteiger partial charge in [-0.3, -0.25) is 9.78 Å². The fourth-order valence-corrected chi connectivity index (χ4v) is 4.58. The molecule has 2 N–H and O–H groups in total. The lowest BCUT2D eigenvalue weighted by Crippen LogP contribution is -2.36. The molecule has 3 aromatic rings. The molecule has 35 heavy (non-hydrogen) atoms. The van der Waals surface area contributed by atoms with Crippen LogP contribution in [-0.4, -0.2) is 73.3 Å². The van der Waals surface area contributed by atoms with E-state index >= 15 is 0 Å². The second kappa shape index (κ2) is 10.1. The van der Waals surface area contributed by atoms with E-state index in [9.17, 15) is 13.6 Å². The topological polar surface area (TPSA) is 82.6 Å². The summed E-state index contributed by atoms with van der Waals surface area (Å²) in [5, 5.41) is 6.45. The van der Waals surface area contributed by atoms with Crippen LogP contribution >= 0.6 is 0 Å². The minimum absolute atomic E-state index is 0.0800. The van der Waals surface area contributed by atoms with Crippen molar-refractivity contribution < 1.29 is 18.3 Å². The number of rotatable bonds is 6. The summed E-state index contributed by atoms with van der Waals surface area (Å²) in [5.74, 6) is -0.643. The van der Waals surface area contributed by atoms with Crippen molar-refractivity contribution in [1.82, 2.24) is 20.2 Å². The summed E-state index contributed by atoms with van der Waals surface area (Å²) in [6.07, 6.45) is 2.61. The van der Waals surface area contributed by atoms with Gasteiger partial charge in [0, 0.05) is 50.4 Å². The monoisotopic (exact) mass is 482 g/mol. The van der Waals surface area contributed by atoms with Gasteiger partial charge < -0.3 is 25.2 Å². The van der Waals surface area contributed by atoms with Crippen molar-refractivity contribution >= 4 is 28.4 Å². The SMILES string of the molecule is CNC1CCN(C(=O)c2cc(NCc3cc(F)cc(F)c3)c3nc(N4CCOCC4)cnc3c2)C1. The molecular weight excluding hydrogens is 454 g/mol. The summed E-state index contributed by atoms with van der Waals surface area (Å²) in [7, 11) is 1.90. The zero-order chi connectivity index (χ0) is 24.4. The Morgan fingerprint density at radius 1 is 1.11 bits per heavy atom. The number of benzene rings is 2. The molecule has 2 aliphatic heterocycles. The van der Waals surface area contributed by atoms with Crippen LogP contribution in [-0.2, 0) is 11.3 Å². The number of amides is 1. The summed E-state index contributed by atoms with van der Waals surface area (Å²) in [6.45, 7) is 4.14. The first-order valence-corrected chi connectivity index (χ1v) is 11.8. The van der Waals surface area contributed by atoms with Crippen LogP contribution in [0.3, 0.4) is 0 Å². The van der Waals surface area contributed by atoms with Crippen LogP contribution < -0.4 is 15.5 Å². The molecule has 0 radical (unpaired) electrons. The molecule has 8 nitrogen and oxygen atoms in total. The number of hydrogen-bond acceptors (Lipinski definition) is 7. The molecule has 0 aliphatic carbocycles. The molecule has 2 fully saturated rings. The number of halogens is 2. The molecule has 0 spiro atoms. The number of fused-ring (bicyclic) bond motifs is 1. The Bertz CT molecular complexity index is 1210. The Morgan fingerprint density at radius 3 is 2.60 bits per heavy atom. The van der Waals surface area contributed by atoms with E-state index in [0.717, 1.165) is 18.3 Å². The highest BCUT2D eigenvalue weighted by Crippen LogP contribution is 2.27. The molecule has 2 aromatic carbocycles. The highest BCUT2D eigenvalue weighted by atomic mass is 19.1. The third-order valence-electron chi connectivity index (χ3n) is 6.51. The number of anilines is 2. The predicted octanol–water partition coefficient (Wildman–Crippen LogP) is 2.79. The maximum atomic E-state index is 13.7. The minimum atomic E-state index is -0.641. The summed E-state index contributed by atoms with van der Waals surface area (Å²) in [4.78, 5) is 26.7. The van der Waals surface area contributed by atoms with Crippen molar-refractivity contribution in [3.05, 3.63) is 59.3 Å². The van der Waals surface area contributed by atoms with Crippen LogP contribution in [0.4, 0.5) is 20.3 Å². The fraction of sp³-hybridized carbons (Fsp3) is 0.400. The lowest BCUT2D eigenvalue weighted by molar-refractivity contribution is 0.0790. The first-order chi connectivity index (χ1) is 17.0. The number of ether oxygens (including phenoxy) is 1. The van der Waals surface area contributed by atoms with Crippen molar-refractivity contribution in [3.63, 3.8) is 0 Å². The van der Waals surface area contributed by atoms with Crippen LogP contribution in [0.5, 0.6) is 0 Å². The number of carbonyl (C=O) groups excluding carboxylic acids is 1. The van der Waals surface area contributed by atoms with Gasteiger partial charge in [-0.25, -0.2) is 13.8 Å². The lowest BCUT2D eigenvalue weighted by Gasteiger charge is -2.27. The first-order valence-electron chi connectivity index (χ1n) is 11.8. The minimum Gasteiger partial charge on any atom is -0.379 e. The molecule has 1 aromatic heterocycles. The summed E-state index contributed by atoms with van der Waals surface area (Å²) >= 11 is 0. The van der Waals surface area contributed by atoms with E-state index in [1.807, 2.05) is 11.9 Å². The second-order valence-corrected chi connectivity index (χ2v) is 8.88. The van der Waals surface area contributed by atoms with Gasteiger partial charge in [0.2, 0.25) is 0 Å². The molecule has 0 bridgehead atoms. The first kappa shape index (κ1) is 23.4. The second-order valence-electron chi connectivity index (χ2n) is 8.88. The molecule has 1 unspecified atom stereocenters. The molecule has 1 atom stereocenters. The van der Waals surface area contributed by atoms with Crippen LogP contribution in [0.2, 0.25) is 0 Å². The number of likely N-dealkylation sites (N-methyl/N-ethyl adjacent to an activating group) is 1. The standard InChI is InChI=1S/C25H28F2N6O2/c1-28-20-2-3-33(15-20)25(34)17-10-21(29-13-16-8-18(26)12-19(27)9-16)24-22(11-17)30-14-23(31-24)32-4-6-35-7-5-32/h8-12,14,20,28-29H,2-7,13,15H2,1H3. The maximum Gasteiger partial charge on any atom is 0.254 e.